The van der Waals surface area contributed by atoms with Crippen molar-refractivity contribution in [2.75, 3.05) is 0 Å². The van der Waals surface area contributed by atoms with Crippen LogP contribution in [0.15, 0.2) is 36.4 Å². The third kappa shape index (κ3) is 2.71. The Balaban J connectivity index is 2.60. The van der Waals surface area contributed by atoms with E-state index in [0.29, 0.717) is 21.2 Å². The van der Waals surface area contributed by atoms with Gasteiger partial charge in [0.25, 0.3) is 0 Å². The highest BCUT2D eigenvalue weighted by Gasteiger charge is 2.05. The Kier molecular flexibility index (Phi) is 3.23. The minimum atomic E-state index is 0.0372. The topological polar surface area (TPSA) is 44.0 Å². The minimum Gasteiger partial charge on any atom is -0.508 e. The predicted octanol–water partition coefficient (Wildman–Crippen LogP) is 4.24. The molecule has 0 aliphatic rings. The summed E-state index contributed by atoms with van der Waals surface area (Å²) < 4.78 is 0. The summed E-state index contributed by atoms with van der Waals surface area (Å²) in [4.78, 5) is 0. The van der Waals surface area contributed by atoms with Crippen LogP contribution in [0.5, 0.6) is 5.75 Å². The molecule has 0 fully saturated rings. The molecule has 0 atom stereocenters. The number of aromatic hydroxyl groups is 1. The highest BCUT2D eigenvalue weighted by Crippen LogP contribution is 2.30. The molecule has 0 heterocycles. The molecule has 0 saturated heterocycles. The lowest BCUT2D eigenvalue weighted by atomic mass is 10.0. The first-order valence-corrected chi connectivity index (χ1v) is 5.55. The van der Waals surface area contributed by atoms with E-state index in [0.717, 1.165) is 5.56 Å². The number of hydrogen-bond acceptors (Lipinski definition) is 2. The predicted molar refractivity (Wildman–Crippen MR) is 68.3 cm³/mol. The van der Waals surface area contributed by atoms with Gasteiger partial charge in [-0.3, -0.25) is 0 Å². The fourth-order valence-electron chi connectivity index (χ4n) is 1.56. The van der Waals surface area contributed by atoms with Gasteiger partial charge in [0.2, 0.25) is 0 Å². The number of phenolic OH excluding ortho intramolecular Hbond substituents is 1. The third-order valence-electron chi connectivity index (χ3n) is 2.24. The molecule has 0 aromatic heterocycles. The van der Waals surface area contributed by atoms with Crippen molar-refractivity contribution >= 4 is 23.2 Å². The van der Waals surface area contributed by atoms with E-state index in [4.69, 9.17) is 28.5 Å². The largest absolute Gasteiger partial charge is 0.508 e. The summed E-state index contributed by atoms with van der Waals surface area (Å²) in [6.07, 6.45) is 0. The van der Waals surface area contributed by atoms with Crippen LogP contribution in [0.1, 0.15) is 5.56 Å². The molecular formula is C13H7Cl2NO. The van der Waals surface area contributed by atoms with Gasteiger partial charge in [-0.05, 0) is 47.5 Å². The van der Waals surface area contributed by atoms with E-state index in [1.54, 1.807) is 30.3 Å². The van der Waals surface area contributed by atoms with Crippen LogP contribution >= 0.6 is 23.2 Å². The van der Waals surface area contributed by atoms with E-state index in [9.17, 15) is 5.11 Å². The zero-order valence-corrected chi connectivity index (χ0v) is 10.1. The Morgan fingerprint density at radius 1 is 0.882 bits per heavy atom. The zero-order chi connectivity index (χ0) is 12.4. The maximum Gasteiger partial charge on any atom is 0.117 e. The van der Waals surface area contributed by atoms with Gasteiger partial charge in [-0.25, -0.2) is 0 Å². The molecule has 0 bridgehead atoms. The van der Waals surface area contributed by atoms with Crippen LogP contribution in [0, 0.1) is 11.3 Å². The summed E-state index contributed by atoms with van der Waals surface area (Å²) in [7, 11) is 0. The number of halogens is 2. The lowest BCUT2D eigenvalue weighted by Crippen LogP contribution is -1.82. The van der Waals surface area contributed by atoms with Crippen LogP contribution in [0.2, 0.25) is 10.0 Å². The maximum absolute atomic E-state index is 9.51. The first-order chi connectivity index (χ1) is 8.08. The van der Waals surface area contributed by atoms with E-state index >= 15 is 0 Å². The van der Waals surface area contributed by atoms with Gasteiger partial charge in [0.1, 0.15) is 5.75 Å². The minimum absolute atomic E-state index is 0.0372. The van der Waals surface area contributed by atoms with Gasteiger partial charge in [0.05, 0.1) is 11.6 Å². The molecule has 0 amide bonds. The first kappa shape index (κ1) is 11.8. The van der Waals surface area contributed by atoms with Crippen molar-refractivity contribution in [2.24, 2.45) is 0 Å². The summed E-state index contributed by atoms with van der Waals surface area (Å²) in [5.41, 5.74) is 1.84. The van der Waals surface area contributed by atoms with Gasteiger partial charge < -0.3 is 5.11 Å². The molecule has 4 heteroatoms. The molecule has 1 N–H and O–H groups in total. The molecular weight excluding hydrogens is 257 g/mol. The lowest BCUT2D eigenvalue weighted by molar-refractivity contribution is 0.475. The number of hydrogen-bond donors (Lipinski definition) is 1. The molecule has 0 aliphatic carbocycles. The quantitative estimate of drug-likeness (QED) is 0.837. The Labute approximate surface area is 109 Å². The van der Waals surface area contributed by atoms with Crippen molar-refractivity contribution in [1.29, 1.82) is 5.26 Å². The number of nitriles is 1. The van der Waals surface area contributed by atoms with Crippen molar-refractivity contribution in [3.8, 4) is 22.9 Å². The van der Waals surface area contributed by atoms with E-state index < -0.39 is 0 Å². The molecule has 2 rings (SSSR count). The standard InChI is InChI=1S/C13H7Cl2NO/c14-11-3-10(4-12(15)6-11)9-1-8(7-16)2-13(17)5-9/h1-6,17H. The Morgan fingerprint density at radius 3 is 2.06 bits per heavy atom. The highest BCUT2D eigenvalue weighted by atomic mass is 35.5. The fraction of sp³-hybridized carbons (Fsp3) is 0. The van der Waals surface area contributed by atoms with E-state index in [-0.39, 0.29) is 5.75 Å². The van der Waals surface area contributed by atoms with Crippen molar-refractivity contribution < 1.29 is 5.11 Å². The van der Waals surface area contributed by atoms with Crippen molar-refractivity contribution in [3.05, 3.63) is 52.0 Å². The van der Waals surface area contributed by atoms with Crippen LogP contribution in [0.3, 0.4) is 0 Å². The van der Waals surface area contributed by atoms with Crippen LogP contribution in [0.25, 0.3) is 11.1 Å². The van der Waals surface area contributed by atoms with Crippen LogP contribution in [-0.4, -0.2) is 5.11 Å². The summed E-state index contributed by atoms with van der Waals surface area (Å²) in [5, 5.41) is 19.4. The first-order valence-electron chi connectivity index (χ1n) is 4.79. The van der Waals surface area contributed by atoms with E-state index in [1.807, 2.05) is 6.07 Å². The molecule has 2 aromatic rings. The number of phenols is 1. The zero-order valence-electron chi connectivity index (χ0n) is 8.61. The molecule has 0 saturated carbocycles. The SMILES string of the molecule is N#Cc1cc(O)cc(-c2cc(Cl)cc(Cl)c2)c1. The maximum atomic E-state index is 9.51. The monoisotopic (exact) mass is 263 g/mol. The van der Waals surface area contributed by atoms with Crippen molar-refractivity contribution in [3.63, 3.8) is 0 Å². The highest BCUT2D eigenvalue weighted by molar-refractivity contribution is 6.35. The van der Waals surface area contributed by atoms with E-state index in [1.165, 1.54) is 6.07 Å². The van der Waals surface area contributed by atoms with Gasteiger partial charge >= 0.3 is 0 Å². The second-order valence-electron chi connectivity index (χ2n) is 3.54. The second-order valence-corrected chi connectivity index (χ2v) is 4.41. The smallest absolute Gasteiger partial charge is 0.117 e. The summed E-state index contributed by atoms with van der Waals surface area (Å²) in [6.45, 7) is 0. The van der Waals surface area contributed by atoms with Crippen molar-refractivity contribution in [2.45, 2.75) is 0 Å². The van der Waals surface area contributed by atoms with Gasteiger partial charge in [-0.15, -0.1) is 0 Å². The average molecular weight is 264 g/mol. The number of rotatable bonds is 1. The second kappa shape index (κ2) is 4.67. The molecule has 0 radical (unpaired) electrons. The summed E-state index contributed by atoms with van der Waals surface area (Å²) in [6, 6.07) is 11.7. The molecule has 0 unspecified atom stereocenters. The molecule has 17 heavy (non-hydrogen) atoms. The van der Waals surface area contributed by atoms with Crippen LogP contribution in [-0.2, 0) is 0 Å². The van der Waals surface area contributed by atoms with Crippen LogP contribution < -0.4 is 0 Å². The van der Waals surface area contributed by atoms with Gasteiger partial charge in [-0.1, -0.05) is 23.2 Å². The molecule has 0 aliphatic heterocycles. The summed E-state index contributed by atoms with van der Waals surface area (Å²) >= 11 is 11.8. The molecule has 2 aromatic carbocycles. The number of benzene rings is 2. The van der Waals surface area contributed by atoms with Gasteiger partial charge in [-0.2, -0.15) is 5.26 Å². The molecule has 0 spiro atoms. The van der Waals surface area contributed by atoms with Gasteiger partial charge in [0.15, 0.2) is 0 Å². The normalized spacial score (nSPS) is 9.94. The Hall–Kier alpha value is -1.69. The number of nitrogens with zero attached hydrogens (tertiary/aromatic N) is 1. The van der Waals surface area contributed by atoms with E-state index in [2.05, 4.69) is 0 Å². The molecule has 84 valence electrons. The average Bonchev–Trinajstić information content (AvgIpc) is 2.26. The fourth-order valence-corrected chi connectivity index (χ4v) is 2.09. The third-order valence-corrected chi connectivity index (χ3v) is 2.68. The van der Waals surface area contributed by atoms with Crippen molar-refractivity contribution in [1.82, 2.24) is 0 Å². The van der Waals surface area contributed by atoms with Gasteiger partial charge in [0, 0.05) is 10.0 Å². The van der Waals surface area contributed by atoms with Crippen LogP contribution in [0.4, 0.5) is 0 Å². The Bertz CT molecular complexity index is 597. The Morgan fingerprint density at radius 2 is 1.47 bits per heavy atom. The molecule has 2 nitrogen and oxygen atoms in total. The summed E-state index contributed by atoms with van der Waals surface area (Å²) in [5.74, 6) is 0.0372. The lowest BCUT2D eigenvalue weighted by Gasteiger charge is -2.05.